The summed E-state index contributed by atoms with van der Waals surface area (Å²) in [6, 6.07) is 9.73. The number of hydrogen-bond acceptors (Lipinski definition) is 3. The number of carbonyl (C=O) groups is 1. The molecule has 5 nitrogen and oxygen atoms in total. The smallest absolute Gasteiger partial charge is 0.255 e. The molecule has 1 aromatic heterocycles. The fourth-order valence-electron chi connectivity index (χ4n) is 2.63. The van der Waals surface area contributed by atoms with Gasteiger partial charge in [-0.2, -0.15) is 5.10 Å². The summed E-state index contributed by atoms with van der Waals surface area (Å²) in [5, 5.41) is 17.6. The Bertz CT molecular complexity index is 673. The van der Waals surface area contributed by atoms with Crippen molar-refractivity contribution in [2.45, 2.75) is 46.1 Å². The standard InChI is InChI=1S/C18H25N3O2/c1-5-18(23,6-2)12-19-17(22)16-13(3)20-21(14(16)4)15-10-8-7-9-11-15/h7-11,23H,5-6,12H2,1-4H3,(H,19,22). The van der Waals surface area contributed by atoms with Crippen LogP contribution in [0.4, 0.5) is 0 Å². The Kier molecular flexibility index (Phi) is 5.21. The first kappa shape index (κ1) is 17.2. The molecular formula is C18H25N3O2. The minimum Gasteiger partial charge on any atom is -0.388 e. The normalized spacial score (nSPS) is 11.5. The summed E-state index contributed by atoms with van der Waals surface area (Å²) in [4.78, 5) is 12.5. The van der Waals surface area contributed by atoms with Gasteiger partial charge < -0.3 is 10.4 Å². The summed E-state index contributed by atoms with van der Waals surface area (Å²) >= 11 is 0. The summed E-state index contributed by atoms with van der Waals surface area (Å²) in [6.45, 7) is 7.79. The molecule has 0 fully saturated rings. The zero-order chi connectivity index (χ0) is 17.0. The van der Waals surface area contributed by atoms with Gasteiger partial charge in [0.1, 0.15) is 0 Å². The van der Waals surface area contributed by atoms with E-state index < -0.39 is 5.60 Å². The van der Waals surface area contributed by atoms with Crippen molar-refractivity contribution < 1.29 is 9.90 Å². The van der Waals surface area contributed by atoms with Gasteiger partial charge in [-0.3, -0.25) is 4.79 Å². The number of para-hydroxylation sites is 1. The number of nitrogens with one attached hydrogen (secondary N) is 1. The van der Waals surface area contributed by atoms with Crippen molar-refractivity contribution in [2.75, 3.05) is 6.54 Å². The number of amides is 1. The second-order valence-electron chi connectivity index (χ2n) is 5.91. The molecular weight excluding hydrogens is 290 g/mol. The third kappa shape index (κ3) is 3.62. The molecule has 1 heterocycles. The fraction of sp³-hybridized carbons (Fsp3) is 0.444. The highest BCUT2D eigenvalue weighted by molar-refractivity contribution is 5.96. The van der Waals surface area contributed by atoms with Crippen LogP contribution in [0.1, 0.15) is 48.4 Å². The minimum atomic E-state index is -0.854. The minimum absolute atomic E-state index is 0.192. The first-order valence-electron chi connectivity index (χ1n) is 8.04. The molecule has 2 N–H and O–H groups in total. The summed E-state index contributed by atoms with van der Waals surface area (Å²) in [5.74, 6) is -0.192. The molecule has 2 rings (SSSR count). The third-order valence-corrected chi connectivity index (χ3v) is 4.41. The van der Waals surface area contributed by atoms with Crippen LogP contribution in [0.5, 0.6) is 0 Å². The topological polar surface area (TPSA) is 67.2 Å². The Balaban J connectivity index is 2.24. The van der Waals surface area contributed by atoms with E-state index in [0.29, 0.717) is 24.1 Å². The van der Waals surface area contributed by atoms with Crippen LogP contribution in [0.15, 0.2) is 30.3 Å². The first-order chi connectivity index (χ1) is 10.9. The van der Waals surface area contributed by atoms with E-state index in [1.165, 1.54) is 0 Å². The zero-order valence-corrected chi connectivity index (χ0v) is 14.3. The van der Waals surface area contributed by atoms with E-state index in [9.17, 15) is 9.90 Å². The molecule has 0 atom stereocenters. The molecule has 0 saturated carbocycles. The molecule has 0 aliphatic rings. The lowest BCUT2D eigenvalue weighted by Gasteiger charge is -2.25. The summed E-state index contributed by atoms with van der Waals surface area (Å²) in [7, 11) is 0. The summed E-state index contributed by atoms with van der Waals surface area (Å²) in [6.07, 6.45) is 1.20. The van der Waals surface area contributed by atoms with Gasteiger partial charge in [-0.05, 0) is 38.8 Å². The molecule has 1 aromatic carbocycles. The van der Waals surface area contributed by atoms with Crippen LogP contribution in [0.3, 0.4) is 0 Å². The van der Waals surface area contributed by atoms with Crippen molar-refractivity contribution in [2.24, 2.45) is 0 Å². The van der Waals surface area contributed by atoms with Crippen molar-refractivity contribution in [3.8, 4) is 5.69 Å². The predicted molar refractivity (Wildman–Crippen MR) is 90.9 cm³/mol. The van der Waals surface area contributed by atoms with Crippen LogP contribution in [0, 0.1) is 13.8 Å². The SMILES string of the molecule is CCC(O)(CC)CNC(=O)c1c(C)nn(-c2ccccc2)c1C. The molecule has 1 amide bonds. The van der Waals surface area contributed by atoms with Crippen molar-refractivity contribution in [1.29, 1.82) is 0 Å². The van der Waals surface area contributed by atoms with E-state index in [1.54, 1.807) is 4.68 Å². The molecule has 0 aliphatic carbocycles. The van der Waals surface area contributed by atoms with Crippen LogP contribution in [-0.2, 0) is 0 Å². The lowest BCUT2D eigenvalue weighted by molar-refractivity contribution is 0.0313. The Morgan fingerprint density at radius 3 is 2.39 bits per heavy atom. The van der Waals surface area contributed by atoms with Gasteiger partial charge in [-0.15, -0.1) is 0 Å². The largest absolute Gasteiger partial charge is 0.388 e. The van der Waals surface area contributed by atoms with Crippen molar-refractivity contribution >= 4 is 5.91 Å². The maximum atomic E-state index is 12.5. The number of nitrogens with zero attached hydrogens (tertiary/aromatic N) is 2. The molecule has 0 unspecified atom stereocenters. The number of benzene rings is 1. The van der Waals surface area contributed by atoms with Gasteiger partial charge in [0, 0.05) is 6.54 Å². The highest BCUT2D eigenvalue weighted by Crippen LogP contribution is 2.18. The highest BCUT2D eigenvalue weighted by Gasteiger charge is 2.25. The summed E-state index contributed by atoms with van der Waals surface area (Å²) in [5.41, 5.74) is 2.12. The maximum absolute atomic E-state index is 12.5. The predicted octanol–water partition coefficient (Wildman–Crippen LogP) is 2.77. The van der Waals surface area contributed by atoms with Gasteiger partial charge in [0.25, 0.3) is 5.91 Å². The molecule has 0 bridgehead atoms. The van der Waals surface area contributed by atoms with Gasteiger partial charge >= 0.3 is 0 Å². The Morgan fingerprint density at radius 1 is 1.22 bits per heavy atom. The number of rotatable bonds is 6. The van der Waals surface area contributed by atoms with E-state index in [0.717, 1.165) is 11.4 Å². The quantitative estimate of drug-likeness (QED) is 0.861. The van der Waals surface area contributed by atoms with Crippen LogP contribution in [0.2, 0.25) is 0 Å². The monoisotopic (exact) mass is 315 g/mol. The molecule has 0 saturated heterocycles. The van der Waals surface area contributed by atoms with Crippen LogP contribution >= 0.6 is 0 Å². The van der Waals surface area contributed by atoms with E-state index in [4.69, 9.17) is 0 Å². The maximum Gasteiger partial charge on any atom is 0.255 e. The second kappa shape index (κ2) is 6.96. The number of aromatic nitrogens is 2. The first-order valence-corrected chi connectivity index (χ1v) is 8.04. The fourth-order valence-corrected chi connectivity index (χ4v) is 2.63. The zero-order valence-electron chi connectivity index (χ0n) is 14.3. The van der Waals surface area contributed by atoms with Gasteiger partial charge in [-0.25, -0.2) is 4.68 Å². The van der Waals surface area contributed by atoms with Gasteiger partial charge in [-0.1, -0.05) is 32.0 Å². The second-order valence-corrected chi connectivity index (χ2v) is 5.91. The number of carbonyl (C=O) groups excluding carboxylic acids is 1. The number of aliphatic hydroxyl groups is 1. The summed E-state index contributed by atoms with van der Waals surface area (Å²) < 4.78 is 1.77. The lowest BCUT2D eigenvalue weighted by Crippen LogP contribution is -2.42. The third-order valence-electron chi connectivity index (χ3n) is 4.41. The molecule has 5 heteroatoms. The Hall–Kier alpha value is -2.14. The number of hydrogen-bond donors (Lipinski definition) is 2. The average Bonchev–Trinajstić information content (AvgIpc) is 2.88. The number of aryl methyl sites for hydroxylation is 1. The van der Waals surface area contributed by atoms with Crippen LogP contribution in [0.25, 0.3) is 5.69 Å². The van der Waals surface area contributed by atoms with E-state index in [2.05, 4.69) is 10.4 Å². The average molecular weight is 315 g/mol. The van der Waals surface area contributed by atoms with Gasteiger partial charge in [0.2, 0.25) is 0 Å². The molecule has 23 heavy (non-hydrogen) atoms. The van der Waals surface area contributed by atoms with Crippen LogP contribution in [-0.4, -0.2) is 32.9 Å². The lowest BCUT2D eigenvalue weighted by atomic mass is 9.97. The van der Waals surface area contributed by atoms with Crippen molar-refractivity contribution in [3.63, 3.8) is 0 Å². The van der Waals surface area contributed by atoms with E-state index >= 15 is 0 Å². The Labute approximate surface area is 137 Å². The van der Waals surface area contributed by atoms with E-state index in [-0.39, 0.29) is 12.5 Å². The molecule has 0 radical (unpaired) electrons. The molecule has 0 aliphatic heterocycles. The molecule has 0 spiro atoms. The van der Waals surface area contributed by atoms with Crippen molar-refractivity contribution in [1.82, 2.24) is 15.1 Å². The highest BCUT2D eigenvalue weighted by atomic mass is 16.3. The van der Waals surface area contributed by atoms with Gasteiger partial charge in [0.15, 0.2) is 0 Å². The molecule has 2 aromatic rings. The van der Waals surface area contributed by atoms with Gasteiger partial charge in [0.05, 0.1) is 28.2 Å². The van der Waals surface area contributed by atoms with Crippen molar-refractivity contribution in [3.05, 3.63) is 47.3 Å². The molecule has 124 valence electrons. The van der Waals surface area contributed by atoms with Crippen LogP contribution < -0.4 is 5.32 Å². The van der Waals surface area contributed by atoms with E-state index in [1.807, 2.05) is 58.0 Å². The Morgan fingerprint density at radius 2 is 1.83 bits per heavy atom.